The molecule has 0 unspecified atom stereocenters. The number of halogens is 1. The lowest BCUT2D eigenvalue weighted by Crippen LogP contribution is -2.28. The number of hydrogen-bond acceptors (Lipinski definition) is 7. The highest BCUT2D eigenvalue weighted by Gasteiger charge is 2.35. The van der Waals surface area contributed by atoms with Crippen LogP contribution in [0.25, 0.3) is 22.2 Å². The van der Waals surface area contributed by atoms with Gasteiger partial charge in [-0.2, -0.15) is 0 Å². The Balaban J connectivity index is 0.000000366. The maximum Gasteiger partial charge on any atom is 0.227 e. The number of fused-ring (bicyclic) bond motifs is 1. The monoisotopic (exact) mass is 537 g/mol. The molecule has 0 bridgehead atoms. The summed E-state index contributed by atoms with van der Waals surface area (Å²) in [6.07, 6.45) is 5.93. The number of aromatic nitrogens is 3. The lowest BCUT2D eigenvalue weighted by atomic mass is 10.0. The highest BCUT2D eigenvalue weighted by molar-refractivity contribution is 7.96. The predicted molar refractivity (Wildman–Crippen MR) is 148 cm³/mol. The minimum atomic E-state index is -0.507. The molecular weight excluding hydrogens is 505 g/mol. The summed E-state index contributed by atoms with van der Waals surface area (Å²) in [6, 6.07) is 10.2. The number of amides is 1. The maximum absolute atomic E-state index is 14.3. The fraction of sp³-hybridized carbons (Fsp3) is 0.393. The smallest absolute Gasteiger partial charge is 0.227 e. The summed E-state index contributed by atoms with van der Waals surface area (Å²) in [4.78, 5) is 22.3. The van der Waals surface area contributed by atoms with Gasteiger partial charge in [-0.05, 0) is 69.2 Å². The molecule has 1 N–H and O–H groups in total. The molecule has 4 aromatic rings. The lowest BCUT2D eigenvalue weighted by Gasteiger charge is -2.23. The molecule has 6 rings (SSSR count). The van der Waals surface area contributed by atoms with Gasteiger partial charge in [0.15, 0.2) is 11.6 Å². The van der Waals surface area contributed by atoms with E-state index in [9.17, 15) is 9.18 Å². The van der Waals surface area contributed by atoms with Gasteiger partial charge in [0.05, 0.1) is 29.9 Å². The molecule has 8 nitrogen and oxygen atoms in total. The SMILES string of the molecule is COc1ccc(N2C(=O)CC[C@H]2c2nc3ccc(-c4c(C)noc4C)cc3[nH]2)cc1F.CSN1CCCC1. The first-order valence-electron chi connectivity index (χ1n) is 12.8. The van der Waals surface area contributed by atoms with Crippen LogP contribution in [0.3, 0.4) is 0 Å². The van der Waals surface area contributed by atoms with Gasteiger partial charge in [0.25, 0.3) is 0 Å². The molecule has 2 aliphatic rings. The van der Waals surface area contributed by atoms with Crippen molar-refractivity contribution in [3.63, 3.8) is 0 Å². The van der Waals surface area contributed by atoms with Crippen molar-refractivity contribution in [3.8, 4) is 16.9 Å². The number of aromatic amines is 1. The molecule has 200 valence electrons. The zero-order valence-corrected chi connectivity index (χ0v) is 22.9. The highest BCUT2D eigenvalue weighted by atomic mass is 32.2. The van der Waals surface area contributed by atoms with Gasteiger partial charge in [-0.25, -0.2) is 9.37 Å². The summed E-state index contributed by atoms with van der Waals surface area (Å²) in [6.45, 7) is 6.40. The van der Waals surface area contributed by atoms with Gasteiger partial charge in [0.2, 0.25) is 5.91 Å². The summed E-state index contributed by atoms with van der Waals surface area (Å²) in [5.74, 6) is 1.000. The van der Waals surface area contributed by atoms with E-state index >= 15 is 0 Å². The fourth-order valence-electron chi connectivity index (χ4n) is 5.18. The number of methoxy groups -OCH3 is 1. The van der Waals surface area contributed by atoms with Crippen molar-refractivity contribution < 1.29 is 18.4 Å². The van der Waals surface area contributed by atoms with Gasteiger partial charge in [-0.15, -0.1) is 0 Å². The number of hydrogen-bond donors (Lipinski definition) is 1. The molecule has 1 amide bonds. The Bertz CT molecular complexity index is 1430. The molecule has 2 aromatic carbocycles. The van der Waals surface area contributed by atoms with Gasteiger partial charge in [-0.1, -0.05) is 23.2 Å². The average Bonchev–Trinajstić information content (AvgIpc) is 3.71. The minimum Gasteiger partial charge on any atom is -0.494 e. The molecule has 4 heterocycles. The molecular formula is C28H32FN5O3S. The first kappa shape index (κ1) is 26.2. The number of imidazole rings is 1. The number of nitrogens with one attached hydrogen (secondary N) is 1. The van der Waals surface area contributed by atoms with Gasteiger partial charge < -0.3 is 19.1 Å². The number of carbonyl (C=O) groups excluding carboxylic acids is 1. The minimum absolute atomic E-state index is 0.0635. The molecule has 2 saturated heterocycles. The first-order valence-corrected chi connectivity index (χ1v) is 13.9. The zero-order chi connectivity index (χ0) is 26.8. The van der Waals surface area contributed by atoms with Crippen LogP contribution in [0.15, 0.2) is 40.9 Å². The van der Waals surface area contributed by atoms with E-state index in [0.29, 0.717) is 24.4 Å². The summed E-state index contributed by atoms with van der Waals surface area (Å²) < 4.78 is 27.0. The molecule has 1 atom stereocenters. The third kappa shape index (κ3) is 5.15. The van der Waals surface area contributed by atoms with Crippen LogP contribution in [-0.4, -0.2) is 51.8 Å². The average molecular weight is 538 g/mol. The zero-order valence-electron chi connectivity index (χ0n) is 22.1. The Kier molecular flexibility index (Phi) is 7.71. The molecule has 2 aliphatic heterocycles. The fourth-order valence-corrected chi connectivity index (χ4v) is 5.80. The molecule has 2 aromatic heterocycles. The van der Waals surface area contributed by atoms with Crippen LogP contribution in [0.2, 0.25) is 0 Å². The van der Waals surface area contributed by atoms with Crippen LogP contribution in [0, 0.1) is 19.7 Å². The van der Waals surface area contributed by atoms with Crippen molar-refractivity contribution in [1.82, 2.24) is 19.4 Å². The number of benzene rings is 2. The van der Waals surface area contributed by atoms with Gasteiger partial charge >= 0.3 is 0 Å². The Morgan fingerprint density at radius 1 is 1.16 bits per heavy atom. The van der Waals surface area contributed by atoms with Crippen molar-refractivity contribution in [2.75, 3.05) is 31.4 Å². The largest absolute Gasteiger partial charge is 0.494 e. The van der Waals surface area contributed by atoms with Gasteiger partial charge in [0, 0.05) is 36.8 Å². The summed E-state index contributed by atoms with van der Waals surface area (Å²) in [5, 5.41) is 4.03. The number of anilines is 1. The normalized spacial score (nSPS) is 17.8. The summed E-state index contributed by atoms with van der Waals surface area (Å²) in [7, 11) is 1.41. The second-order valence-corrected chi connectivity index (χ2v) is 10.4. The lowest BCUT2D eigenvalue weighted by molar-refractivity contribution is -0.117. The number of H-pyrrole nitrogens is 1. The van der Waals surface area contributed by atoms with Gasteiger partial charge in [0.1, 0.15) is 11.6 Å². The van der Waals surface area contributed by atoms with E-state index in [0.717, 1.165) is 33.6 Å². The molecule has 38 heavy (non-hydrogen) atoms. The van der Waals surface area contributed by atoms with E-state index in [4.69, 9.17) is 14.2 Å². The number of rotatable bonds is 5. The van der Waals surface area contributed by atoms with Crippen LogP contribution in [-0.2, 0) is 4.79 Å². The number of nitrogens with zero attached hydrogens (tertiary/aromatic N) is 4. The third-order valence-corrected chi connectivity index (χ3v) is 7.97. The van der Waals surface area contributed by atoms with Crippen LogP contribution < -0.4 is 9.64 Å². The number of ether oxygens (including phenoxy) is 1. The quantitative estimate of drug-likeness (QED) is 0.303. The van der Waals surface area contributed by atoms with E-state index in [1.807, 2.05) is 44.0 Å². The van der Waals surface area contributed by atoms with Crippen molar-refractivity contribution >= 4 is 34.6 Å². The third-order valence-electron chi connectivity index (χ3n) is 7.09. The first-order chi connectivity index (χ1) is 18.4. The van der Waals surface area contributed by atoms with E-state index in [2.05, 4.69) is 20.7 Å². The highest BCUT2D eigenvalue weighted by Crippen LogP contribution is 2.38. The Morgan fingerprint density at radius 3 is 2.58 bits per heavy atom. The molecule has 0 aliphatic carbocycles. The van der Waals surface area contributed by atoms with E-state index < -0.39 is 5.82 Å². The van der Waals surface area contributed by atoms with Gasteiger partial charge in [-0.3, -0.25) is 9.10 Å². The van der Waals surface area contributed by atoms with Crippen molar-refractivity contribution in [3.05, 3.63) is 59.5 Å². The van der Waals surface area contributed by atoms with E-state index in [1.165, 1.54) is 45.2 Å². The number of carbonyl (C=O) groups is 1. The Morgan fingerprint density at radius 2 is 1.95 bits per heavy atom. The molecule has 2 fully saturated rings. The van der Waals surface area contributed by atoms with Crippen LogP contribution in [0.5, 0.6) is 5.75 Å². The van der Waals surface area contributed by atoms with Crippen LogP contribution >= 0.6 is 11.9 Å². The van der Waals surface area contributed by atoms with Crippen molar-refractivity contribution in [1.29, 1.82) is 0 Å². The van der Waals surface area contributed by atoms with E-state index in [-0.39, 0.29) is 17.7 Å². The molecule has 0 radical (unpaired) electrons. The maximum atomic E-state index is 14.3. The Hall–Kier alpha value is -3.37. The van der Waals surface area contributed by atoms with Crippen molar-refractivity contribution in [2.45, 2.75) is 45.6 Å². The number of aryl methyl sites for hydroxylation is 2. The summed E-state index contributed by atoms with van der Waals surface area (Å²) in [5.41, 5.74) is 4.91. The second kappa shape index (κ2) is 11.2. The van der Waals surface area contributed by atoms with E-state index in [1.54, 1.807) is 11.0 Å². The van der Waals surface area contributed by atoms with Crippen molar-refractivity contribution in [2.24, 2.45) is 0 Å². The second-order valence-electron chi connectivity index (χ2n) is 9.51. The summed E-state index contributed by atoms with van der Waals surface area (Å²) >= 11 is 1.87. The Labute approximate surface area is 225 Å². The predicted octanol–water partition coefficient (Wildman–Crippen LogP) is 6.21. The molecule has 0 spiro atoms. The topological polar surface area (TPSA) is 87.5 Å². The molecule has 10 heteroatoms. The van der Waals surface area contributed by atoms with Crippen LogP contribution in [0.4, 0.5) is 10.1 Å². The van der Waals surface area contributed by atoms with Crippen LogP contribution in [0.1, 0.15) is 49.0 Å². The standard InChI is InChI=1S/C23H21FN4O3.C5H11NS/c1-12-22(13(2)31-27-12)14-4-6-17-18(10-14)26-23(25-17)19-7-9-21(29)28(19)15-5-8-20(30-3)16(24)11-15;1-7-6-4-2-3-5-6/h4-6,8,10-11,19H,7,9H2,1-3H3,(H,25,26);2-5H2,1H3/t19-;/m0./s1. The molecule has 0 saturated carbocycles.